The van der Waals surface area contributed by atoms with E-state index in [-0.39, 0.29) is 12.2 Å². The van der Waals surface area contributed by atoms with Crippen molar-refractivity contribution in [3.8, 4) is 5.69 Å². The number of nitrogens with one attached hydrogen (secondary N) is 2. The number of carbonyl (C=O) groups is 2. The Bertz CT molecular complexity index is 1150. The van der Waals surface area contributed by atoms with Gasteiger partial charge in [-0.05, 0) is 44.2 Å². The van der Waals surface area contributed by atoms with E-state index in [1.165, 1.54) is 29.0 Å². The summed E-state index contributed by atoms with van der Waals surface area (Å²) in [6, 6.07) is 12.1. The van der Waals surface area contributed by atoms with Crippen molar-refractivity contribution in [2.45, 2.75) is 26.6 Å². The van der Waals surface area contributed by atoms with E-state index in [0.29, 0.717) is 22.6 Å². The number of para-hydroxylation sites is 1. The van der Waals surface area contributed by atoms with Crippen molar-refractivity contribution in [2.24, 2.45) is 5.10 Å². The number of benzene rings is 1. The van der Waals surface area contributed by atoms with E-state index in [9.17, 15) is 22.8 Å². The predicted molar refractivity (Wildman–Crippen MR) is 112 cm³/mol. The number of hydrazone groups is 1. The number of halogens is 3. The molecule has 2 amide bonds. The molecule has 0 fully saturated rings. The number of nitrogens with zero attached hydrogens (tertiary/aromatic N) is 3. The molecule has 32 heavy (non-hydrogen) atoms. The molecule has 2 N–H and O–H groups in total. The van der Waals surface area contributed by atoms with E-state index in [4.69, 9.17) is 0 Å². The fraction of sp³-hybridized carbons (Fsp3) is 0.182. The van der Waals surface area contributed by atoms with Gasteiger partial charge in [0.2, 0.25) is 0 Å². The van der Waals surface area contributed by atoms with Crippen molar-refractivity contribution in [3.05, 3.63) is 82.9 Å². The molecule has 0 atom stereocenters. The minimum Gasteiger partial charge on any atom is -0.342 e. The summed E-state index contributed by atoms with van der Waals surface area (Å²) in [4.78, 5) is 27.8. The van der Waals surface area contributed by atoms with E-state index >= 15 is 0 Å². The Kier molecular flexibility index (Phi) is 6.72. The summed E-state index contributed by atoms with van der Waals surface area (Å²) >= 11 is 0. The standard InChI is InChI=1S/C22H20F3N5O2/c1-14-11-16(15(2)30(14)19-9-4-3-8-18(19)22(23,24)25)12-28-29-21(32)20(31)27-13-17-7-5-6-10-26-17/h3-12H,13H2,1-2H3,(H,27,31)(H,29,32)/b28-12-. The van der Waals surface area contributed by atoms with Crippen molar-refractivity contribution in [2.75, 3.05) is 0 Å². The van der Waals surface area contributed by atoms with E-state index in [1.54, 1.807) is 44.3 Å². The second kappa shape index (κ2) is 9.46. The average molecular weight is 443 g/mol. The first-order valence-corrected chi connectivity index (χ1v) is 9.55. The zero-order chi connectivity index (χ0) is 23.3. The summed E-state index contributed by atoms with van der Waals surface area (Å²) < 4.78 is 41.7. The first-order chi connectivity index (χ1) is 15.2. The fourth-order valence-corrected chi connectivity index (χ4v) is 3.16. The Labute approximate surface area is 182 Å². The molecule has 2 heterocycles. The second-order valence-electron chi connectivity index (χ2n) is 6.88. The van der Waals surface area contributed by atoms with Crippen LogP contribution in [0.1, 0.15) is 28.2 Å². The number of aryl methyl sites for hydroxylation is 1. The van der Waals surface area contributed by atoms with E-state index in [0.717, 1.165) is 6.07 Å². The molecule has 0 bridgehead atoms. The lowest BCUT2D eigenvalue weighted by molar-refractivity contribution is -0.139. The Morgan fingerprint density at radius 2 is 1.81 bits per heavy atom. The van der Waals surface area contributed by atoms with Crippen LogP contribution in [0.15, 0.2) is 59.8 Å². The summed E-state index contributed by atoms with van der Waals surface area (Å²) in [6.07, 6.45) is -1.67. The van der Waals surface area contributed by atoms with Gasteiger partial charge in [-0.3, -0.25) is 14.6 Å². The molecule has 0 spiro atoms. The topological polar surface area (TPSA) is 88.4 Å². The highest BCUT2D eigenvalue weighted by Crippen LogP contribution is 2.35. The molecule has 3 rings (SSSR count). The summed E-state index contributed by atoms with van der Waals surface area (Å²) in [7, 11) is 0. The Balaban J connectivity index is 1.70. The molecule has 0 unspecified atom stereocenters. The van der Waals surface area contributed by atoms with Gasteiger partial charge in [0.1, 0.15) is 0 Å². The van der Waals surface area contributed by atoms with Crippen LogP contribution in [0.25, 0.3) is 5.69 Å². The third kappa shape index (κ3) is 5.20. The Morgan fingerprint density at radius 1 is 1.09 bits per heavy atom. The van der Waals surface area contributed by atoms with Crippen LogP contribution in [-0.2, 0) is 22.3 Å². The van der Waals surface area contributed by atoms with Gasteiger partial charge in [-0.1, -0.05) is 18.2 Å². The van der Waals surface area contributed by atoms with E-state index in [2.05, 4.69) is 20.8 Å². The predicted octanol–water partition coefficient (Wildman–Crippen LogP) is 3.27. The van der Waals surface area contributed by atoms with Crippen molar-refractivity contribution in [1.82, 2.24) is 20.3 Å². The largest absolute Gasteiger partial charge is 0.418 e. The van der Waals surface area contributed by atoms with Gasteiger partial charge in [0.25, 0.3) is 0 Å². The van der Waals surface area contributed by atoms with Crippen LogP contribution in [0.4, 0.5) is 13.2 Å². The first-order valence-electron chi connectivity index (χ1n) is 9.55. The van der Waals surface area contributed by atoms with E-state index < -0.39 is 23.6 Å². The highest BCUT2D eigenvalue weighted by molar-refractivity contribution is 6.35. The van der Waals surface area contributed by atoms with Crippen molar-refractivity contribution in [1.29, 1.82) is 0 Å². The van der Waals surface area contributed by atoms with Crippen molar-refractivity contribution in [3.63, 3.8) is 0 Å². The zero-order valence-corrected chi connectivity index (χ0v) is 17.3. The number of hydrogen-bond acceptors (Lipinski definition) is 4. The number of rotatable bonds is 5. The smallest absolute Gasteiger partial charge is 0.342 e. The van der Waals surface area contributed by atoms with Crippen LogP contribution in [0.2, 0.25) is 0 Å². The lowest BCUT2D eigenvalue weighted by Crippen LogP contribution is -2.37. The molecule has 0 saturated carbocycles. The molecule has 0 aliphatic carbocycles. The summed E-state index contributed by atoms with van der Waals surface area (Å²) in [5.41, 5.74) is 3.47. The SMILES string of the molecule is Cc1cc(/C=N\NC(=O)C(=O)NCc2ccccn2)c(C)n1-c1ccccc1C(F)(F)F. The van der Waals surface area contributed by atoms with Crippen LogP contribution in [0.3, 0.4) is 0 Å². The number of carbonyl (C=O) groups excluding carboxylic acids is 2. The van der Waals surface area contributed by atoms with Crippen molar-refractivity contribution >= 4 is 18.0 Å². The molecule has 0 radical (unpaired) electrons. The lowest BCUT2D eigenvalue weighted by Gasteiger charge is -2.16. The number of pyridine rings is 1. The quantitative estimate of drug-likeness (QED) is 0.360. The molecule has 2 aromatic heterocycles. The maximum atomic E-state index is 13.4. The summed E-state index contributed by atoms with van der Waals surface area (Å²) in [5.74, 6) is -1.87. The van der Waals surface area contributed by atoms with Gasteiger partial charge >= 0.3 is 18.0 Å². The first kappa shape index (κ1) is 22.7. The van der Waals surface area contributed by atoms with Gasteiger partial charge < -0.3 is 9.88 Å². The number of alkyl halides is 3. The second-order valence-corrected chi connectivity index (χ2v) is 6.88. The summed E-state index contributed by atoms with van der Waals surface area (Å²) in [6.45, 7) is 3.39. The minimum absolute atomic E-state index is 0.00687. The van der Waals surface area contributed by atoms with Crippen LogP contribution >= 0.6 is 0 Å². The fourth-order valence-electron chi connectivity index (χ4n) is 3.16. The molecule has 166 valence electrons. The molecule has 3 aromatic rings. The maximum Gasteiger partial charge on any atom is 0.418 e. The van der Waals surface area contributed by atoms with Gasteiger partial charge in [0.05, 0.1) is 29.7 Å². The van der Waals surface area contributed by atoms with Gasteiger partial charge in [0, 0.05) is 23.1 Å². The molecule has 10 heteroatoms. The zero-order valence-electron chi connectivity index (χ0n) is 17.3. The molecule has 1 aromatic carbocycles. The number of amides is 2. The van der Waals surface area contributed by atoms with Gasteiger partial charge in [0.15, 0.2) is 0 Å². The highest BCUT2D eigenvalue weighted by Gasteiger charge is 2.34. The molecule has 0 aliphatic heterocycles. The van der Waals surface area contributed by atoms with Crippen LogP contribution in [0.5, 0.6) is 0 Å². The highest BCUT2D eigenvalue weighted by atomic mass is 19.4. The van der Waals surface area contributed by atoms with Crippen LogP contribution in [-0.4, -0.2) is 27.6 Å². The summed E-state index contributed by atoms with van der Waals surface area (Å²) in [5, 5.41) is 6.18. The maximum absolute atomic E-state index is 13.4. The molecule has 0 aliphatic rings. The Morgan fingerprint density at radius 3 is 2.50 bits per heavy atom. The van der Waals surface area contributed by atoms with Crippen LogP contribution in [0, 0.1) is 13.8 Å². The van der Waals surface area contributed by atoms with E-state index in [1.807, 2.05) is 0 Å². The van der Waals surface area contributed by atoms with Gasteiger partial charge in [-0.15, -0.1) is 0 Å². The molecule has 0 saturated heterocycles. The number of hydrogen-bond donors (Lipinski definition) is 2. The van der Waals surface area contributed by atoms with Gasteiger partial charge in [-0.25, -0.2) is 5.43 Å². The third-order valence-electron chi connectivity index (χ3n) is 4.65. The monoisotopic (exact) mass is 443 g/mol. The Hall–Kier alpha value is -3.95. The molecule has 7 nitrogen and oxygen atoms in total. The minimum atomic E-state index is -4.51. The van der Waals surface area contributed by atoms with Crippen LogP contribution < -0.4 is 10.7 Å². The molecular formula is C22H20F3N5O2. The molecular weight excluding hydrogens is 423 g/mol. The van der Waals surface area contributed by atoms with Gasteiger partial charge in [-0.2, -0.15) is 18.3 Å². The average Bonchev–Trinajstić information content (AvgIpc) is 3.05. The number of aromatic nitrogens is 2. The third-order valence-corrected chi connectivity index (χ3v) is 4.65. The lowest BCUT2D eigenvalue weighted by atomic mass is 10.1. The van der Waals surface area contributed by atoms with Crippen molar-refractivity contribution < 1.29 is 22.8 Å². The normalized spacial score (nSPS) is 11.5.